The molecule has 0 aliphatic carbocycles. The molecule has 1 aliphatic rings. The Morgan fingerprint density at radius 1 is 1.19 bits per heavy atom. The highest BCUT2D eigenvalue weighted by atomic mass is 32.1. The molecule has 2 N–H and O–H groups in total. The van der Waals surface area contributed by atoms with Crippen LogP contribution in [0.15, 0.2) is 18.2 Å². The number of imide groups is 1. The van der Waals surface area contributed by atoms with Crippen LogP contribution in [0.4, 0.5) is 9.80 Å². The summed E-state index contributed by atoms with van der Waals surface area (Å²) in [4.78, 5) is 37.0. The first-order valence-corrected chi connectivity index (χ1v) is 8.88. The van der Waals surface area contributed by atoms with E-state index in [0.29, 0.717) is 22.1 Å². The molecule has 1 aliphatic heterocycles. The van der Waals surface area contributed by atoms with Crippen LogP contribution in [-0.4, -0.2) is 31.8 Å². The normalized spacial score (nSPS) is 11.8. The predicted molar refractivity (Wildman–Crippen MR) is 98.6 cm³/mol. The Balaban J connectivity index is 1.75. The van der Waals surface area contributed by atoms with Crippen molar-refractivity contribution in [3.05, 3.63) is 39.8 Å². The SMILES string of the molecule is COC(=O)NC(=O)c1c(NC(=O)Cc2ccc3c(c2)OCO3)sc(C)c1C. The van der Waals surface area contributed by atoms with Crippen molar-refractivity contribution in [2.24, 2.45) is 0 Å². The fourth-order valence-electron chi connectivity index (χ4n) is 2.60. The summed E-state index contributed by atoms with van der Waals surface area (Å²) in [7, 11) is 1.17. The molecular formula is C18H18N2O6S. The summed E-state index contributed by atoms with van der Waals surface area (Å²) in [5.41, 5.74) is 1.70. The lowest BCUT2D eigenvalue weighted by molar-refractivity contribution is -0.115. The topological polar surface area (TPSA) is 103 Å². The van der Waals surface area contributed by atoms with E-state index in [2.05, 4.69) is 15.4 Å². The number of rotatable bonds is 4. The maximum Gasteiger partial charge on any atom is 0.413 e. The maximum absolute atomic E-state index is 12.5. The molecule has 27 heavy (non-hydrogen) atoms. The quantitative estimate of drug-likeness (QED) is 0.832. The van der Waals surface area contributed by atoms with Gasteiger partial charge >= 0.3 is 6.09 Å². The van der Waals surface area contributed by atoms with Crippen molar-refractivity contribution in [2.75, 3.05) is 19.2 Å². The van der Waals surface area contributed by atoms with Gasteiger partial charge in [0.25, 0.3) is 5.91 Å². The van der Waals surface area contributed by atoms with Crippen LogP contribution in [0.5, 0.6) is 11.5 Å². The van der Waals surface area contributed by atoms with Gasteiger partial charge in [0, 0.05) is 4.88 Å². The minimum atomic E-state index is -0.860. The number of hydrogen-bond acceptors (Lipinski definition) is 7. The Labute approximate surface area is 159 Å². The summed E-state index contributed by atoms with van der Waals surface area (Å²) in [5.74, 6) is 0.330. The van der Waals surface area contributed by atoms with Crippen LogP contribution in [-0.2, 0) is 16.0 Å². The highest BCUT2D eigenvalue weighted by Crippen LogP contribution is 2.34. The van der Waals surface area contributed by atoms with Gasteiger partial charge in [-0.25, -0.2) is 4.79 Å². The van der Waals surface area contributed by atoms with Gasteiger partial charge in [0.05, 0.1) is 19.1 Å². The summed E-state index contributed by atoms with van der Waals surface area (Å²) in [6.45, 7) is 3.76. The average Bonchev–Trinajstić information content (AvgIpc) is 3.19. The summed E-state index contributed by atoms with van der Waals surface area (Å²) < 4.78 is 15.0. The smallest absolute Gasteiger partial charge is 0.413 e. The molecule has 2 heterocycles. The molecule has 1 aromatic heterocycles. The third-order valence-corrected chi connectivity index (χ3v) is 5.19. The lowest BCUT2D eigenvalue weighted by Gasteiger charge is -2.08. The van der Waals surface area contributed by atoms with Crippen LogP contribution in [0.3, 0.4) is 0 Å². The van der Waals surface area contributed by atoms with Gasteiger partial charge in [-0.1, -0.05) is 6.07 Å². The van der Waals surface area contributed by atoms with Crippen LogP contribution in [0.25, 0.3) is 0 Å². The zero-order valence-corrected chi connectivity index (χ0v) is 15.8. The molecule has 142 valence electrons. The van der Waals surface area contributed by atoms with E-state index >= 15 is 0 Å². The molecule has 0 atom stereocenters. The Kier molecular flexibility index (Phi) is 5.31. The second-order valence-corrected chi connectivity index (χ2v) is 7.07. The molecule has 0 bridgehead atoms. The van der Waals surface area contributed by atoms with Gasteiger partial charge in [0.2, 0.25) is 12.7 Å². The Morgan fingerprint density at radius 3 is 2.67 bits per heavy atom. The fourth-order valence-corrected chi connectivity index (χ4v) is 3.68. The van der Waals surface area contributed by atoms with Gasteiger partial charge in [0.1, 0.15) is 5.00 Å². The molecule has 0 saturated heterocycles. The standard InChI is InChI=1S/C18H18N2O6S/c1-9-10(2)27-17(15(9)16(22)20-18(23)24-3)19-14(21)7-11-4-5-12-13(6-11)26-8-25-12/h4-6H,7-8H2,1-3H3,(H,19,21)(H,20,22,23). The second-order valence-electron chi connectivity index (χ2n) is 5.85. The maximum atomic E-state index is 12.5. The van der Waals surface area contributed by atoms with Gasteiger partial charge in [-0.2, -0.15) is 0 Å². The summed E-state index contributed by atoms with van der Waals surface area (Å²) in [5, 5.41) is 5.26. The van der Waals surface area contributed by atoms with E-state index in [1.54, 1.807) is 25.1 Å². The highest BCUT2D eigenvalue weighted by Gasteiger charge is 2.23. The number of benzene rings is 1. The number of thiophene rings is 1. The van der Waals surface area contributed by atoms with E-state index in [4.69, 9.17) is 9.47 Å². The van der Waals surface area contributed by atoms with Crippen LogP contribution in [0, 0.1) is 13.8 Å². The molecule has 0 unspecified atom stereocenters. The van der Waals surface area contributed by atoms with Crippen LogP contribution < -0.4 is 20.1 Å². The van der Waals surface area contributed by atoms with Crippen LogP contribution in [0.1, 0.15) is 26.4 Å². The number of aryl methyl sites for hydroxylation is 1. The number of ether oxygens (including phenoxy) is 3. The first-order valence-electron chi connectivity index (χ1n) is 8.06. The Hall–Kier alpha value is -3.07. The van der Waals surface area contributed by atoms with Gasteiger partial charge in [-0.3, -0.25) is 14.9 Å². The average molecular weight is 390 g/mol. The van der Waals surface area contributed by atoms with Crippen molar-refractivity contribution in [3.63, 3.8) is 0 Å². The lowest BCUT2D eigenvalue weighted by atomic mass is 10.1. The molecule has 1 aromatic carbocycles. The highest BCUT2D eigenvalue weighted by molar-refractivity contribution is 7.16. The summed E-state index contributed by atoms with van der Waals surface area (Å²) in [6, 6.07) is 5.28. The number of carbonyl (C=O) groups excluding carboxylic acids is 3. The van der Waals surface area contributed by atoms with Gasteiger partial charge in [-0.05, 0) is 37.1 Å². The number of alkyl carbamates (subject to hydrolysis) is 1. The van der Waals surface area contributed by atoms with Gasteiger partial charge in [0.15, 0.2) is 11.5 Å². The Bertz CT molecular complexity index is 921. The molecule has 0 fully saturated rings. The van der Waals surface area contributed by atoms with Crippen LogP contribution >= 0.6 is 11.3 Å². The van der Waals surface area contributed by atoms with Crippen molar-refractivity contribution in [3.8, 4) is 11.5 Å². The second kappa shape index (κ2) is 7.67. The van der Waals surface area contributed by atoms with Crippen LogP contribution in [0.2, 0.25) is 0 Å². The minimum absolute atomic E-state index is 0.102. The fraction of sp³-hybridized carbons (Fsp3) is 0.278. The molecule has 2 aromatic rings. The van der Waals surface area contributed by atoms with Gasteiger partial charge < -0.3 is 19.5 Å². The monoisotopic (exact) mass is 390 g/mol. The number of carbonyl (C=O) groups is 3. The van der Waals surface area contributed by atoms with E-state index in [9.17, 15) is 14.4 Å². The van der Waals surface area contributed by atoms with Crippen molar-refractivity contribution in [1.82, 2.24) is 5.32 Å². The zero-order chi connectivity index (χ0) is 19.6. The number of anilines is 1. The third-order valence-electron chi connectivity index (χ3n) is 4.07. The minimum Gasteiger partial charge on any atom is -0.454 e. The Morgan fingerprint density at radius 2 is 1.93 bits per heavy atom. The number of nitrogens with one attached hydrogen (secondary N) is 2. The summed E-state index contributed by atoms with van der Waals surface area (Å²) >= 11 is 1.27. The van der Waals surface area contributed by atoms with Crippen molar-refractivity contribution >= 4 is 34.2 Å². The van der Waals surface area contributed by atoms with E-state index in [0.717, 1.165) is 10.4 Å². The molecule has 0 spiro atoms. The van der Waals surface area contributed by atoms with E-state index < -0.39 is 12.0 Å². The number of fused-ring (bicyclic) bond motifs is 1. The number of hydrogen-bond donors (Lipinski definition) is 2. The van der Waals surface area contributed by atoms with E-state index in [1.165, 1.54) is 18.4 Å². The number of amides is 3. The third kappa shape index (κ3) is 4.03. The van der Waals surface area contributed by atoms with Gasteiger partial charge in [-0.15, -0.1) is 11.3 Å². The van der Waals surface area contributed by atoms with E-state index in [1.807, 2.05) is 6.92 Å². The predicted octanol–water partition coefficient (Wildman–Crippen LogP) is 2.77. The first kappa shape index (κ1) is 18.7. The molecule has 0 saturated carbocycles. The van der Waals surface area contributed by atoms with Crippen molar-refractivity contribution in [2.45, 2.75) is 20.3 Å². The zero-order valence-electron chi connectivity index (χ0n) is 15.0. The largest absolute Gasteiger partial charge is 0.454 e. The number of methoxy groups -OCH3 is 1. The van der Waals surface area contributed by atoms with Crippen molar-refractivity contribution in [1.29, 1.82) is 0 Å². The molecular weight excluding hydrogens is 372 g/mol. The first-order chi connectivity index (χ1) is 12.9. The molecule has 0 radical (unpaired) electrons. The molecule has 3 amide bonds. The summed E-state index contributed by atoms with van der Waals surface area (Å²) in [6.07, 6.45) is -0.758. The molecule has 3 rings (SSSR count). The van der Waals surface area contributed by atoms with Crippen molar-refractivity contribution < 1.29 is 28.6 Å². The molecule has 9 heteroatoms. The molecule has 8 nitrogen and oxygen atoms in total. The lowest BCUT2D eigenvalue weighted by Crippen LogP contribution is -2.31. The van der Waals surface area contributed by atoms with E-state index in [-0.39, 0.29) is 24.7 Å².